The van der Waals surface area contributed by atoms with E-state index in [0.717, 1.165) is 97.7 Å². The minimum Gasteiger partial charge on any atom is -0.379 e. The monoisotopic (exact) mass is 470 g/mol. The Balaban J connectivity index is 1.26. The van der Waals surface area contributed by atoms with Gasteiger partial charge in [-0.1, -0.05) is 24.3 Å². The number of anilines is 3. The van der Waals surface area contributed by atoms with Gasteiger partial charge in [-0.3, -0.25) is 9.80 Å². The fraction of sp³-hybridized carbons (Fsp3) is 0.708. The summed E-state index contributed by atoms with van der Waals surface area (Å²) >= 11 is 0. The number of allylic oxidation sites excluding steroid dienone is 2. The standard InChI is InChI=1S/C24H38N8O2/c1-2-6-21-20(4-1)5-3-9-32(21)24-28-22(25-7-10-30-12-16-33-17-13-30)27-23(29-24)26-8-11-31-14-18-34-19-15-31/h1-2,4,6,20-21H,3,5,7-19H2,(H2,25,26,27,28,29). The van der Waals surface area contributed by atoms with Gasteiger partial charge in [0.05, 0.1) is 32.5 Å². The molecule has 0 amide bonds. The number of hydrogen-bond acceptors (Lipinski definition) is 10. The lowest BCUT2D eigenvalue weighted by Gasteiger charge is -2.39. The molecular weight excluding hydrogens is 432 g/mol. The fourth-order valence-corrected chi connectivity index (χ4v) is 5.08. The molecule has 10 heteroatoms. The summed E-state index contributed by atoms with van der Waals surface area (Å²) in [6.45, 7) is 11.6. The van der Waals surface area contributed by atoms with Crippen molar-refractivity contribution >= 4 is 17.8 Å². The highest BCUT2D eigenvalue weighted by atomic mass is 16.5. The van der Waals surface area contributed by atoms with Crippen LogP contribution >= 0.6 is 0 Å². The summed E-state index contributed by atoms with van der Waals surface area (Å²) in [6, 6.07) is 0.309. The Bertz CT molecular complexity index is 796. The molecule has 0 radical (unpaired) electrons. The number of fused-ring (bicyclic) bond motifs is 1. The summed E-state index contributed by atoms with van der Waals surface area (Å²) in [6.07, 6.45) is 11.3. The van der Waals surface area contributed by atoms with E-state index in [1.165, 1.54) is 6.42 Å². The van der Waals surface area contributed by atoms with E-state index in [9.17, 15) is 0 Å². The summed E-state index contributed by atoms with van der Waals surface area (Å²) in [4.78, 5) is 21.6. The van der Waals surface area contributed by atoms with Crippen LogP contribution < -0.4 is 15.5 Å². The van der Waals surface area contributed by atoms with Gasteiger partial charge in [0.1, 0.15) is 0 Å². The van der Waals surface area contributed by atoms with E-state index >= 15 is 0 Å². The lowest BCUT2D eigenvalue weighted by molar-refractivity contribution is 0.0398. The van der Waals surface area contributed by atoms with Gasteiger partial charge in [0.25, 0.3) is 0 Å². The SMILES string of the molecule is C1=CC2CCCN(c3nc(NCCN4CCOCC4)nc(NCCN4CCOCC4)n3)C2C=C1. The number of piperidine rings is 1. The Hall–Kier alpha value is -2.27. The van der Waals surface area contributed by atoms with Gasteiger partial charge >= 0.3 is 0 Å². The highest BCUT2D eigenvalue weighted by Gasteiger charge is 2.31. The van der Waals surface area contributed by atoms with E-state index < -0.39 is 0 Å². The Labute approximate surface area is 202 Å². The molecule has 3 aliphatic heterocycles. The van der Waals surface area contributed by atoms with Crippen LogP contribution in [0, 0.1) is 5.92 Å². The third-order valence-corrected chi connectivity index (χ3v) is 7.02. The van der Waals surface area contributed by atoms with Gasteiger partial charge in [0.15, 0.2) is 0 Å². The Morgan fingerprint density at radius 3 is 1.97 bits per heavy atom. The van der Waals surface area contributed by atoms with E-state index in [2.05, 4.69) is 49.6 Å². The van der Waals surface area contributed by atoms with E-state index in [1.807, 2.05) is 0 Å². The number of morpholine rings is 2. The Morgan fingerprint density at radius 2 is 1.35 bits per heavy atom. The van der Waals surface area contributed by atoms with Crippen LogP contribution in [-0.2, 0) is 9.47 Å². The van der Waals surface area contributed by atoms with E-state index in [0.29, 0.717) is 23.9 Å². The van der Waals surface area contributed by atoms with Gasteiger partial charge in [-0.25, -0.2) is 0 Å². The van der Waals surface area contributed by atoms with Gasteiger partial charge in [-0.2, -0.15) is 15.0 Å². The van der Waals surface area contributed by atoms with Crippen molar-refractivity contribution in [3.05, 3.63) is 24.3 Å². The Morgan fingerprint density at radius 1 is 0.765 bits per heavy atom. The highest BCUT2D eigenvalue weighted by molar-refractivity contribution is 5.47. The lowest BCUT2D eigenvalue weighted by Crippen LogP contribution is -2.45. The summed E-state index contributed by atoms with van der Waals surface area (Å²) in [5.41, 5.74) is 0. The summed E-state index contributed by atoms with van der Waals surface area (Å²) in [5, 5.41) is 6.91. The second kappa shape index (κ2) is 11.9. The van der Waals surface area contributed by atoms with Crippen molar-refractivity contribution in [2.24, 2.45) is 5.92 Å². The summed E-state index contributed by atoms with van der Waals surface area (Å²) < 4.78 is 10.9. The van der Waals surface area contributed by atoms with Crippen LogP contribution in [0.5, 0.6) is 0 Å². The van der Waals surface area contributed by atoms with Crippen molar-refractivity contribution in [3.8, 4) is 0 Å². The van der Waals surface area contributed by atoms with Crippen LogP contribution in [0.4, 0.5) is 17.8 Å². The largest absolute Gasteiger partial charge is 0.379 e. The van der Waals surface area contributed by atoms with Gasteiger partial charge in [-0.15, -0.1) is 0 Å². The third kappa shape index (κ3) is 6.24. The fourth-order valence-electron chi connectivity index (χ4n) is 5.08. The predicted octanol–water partition coefficient (Wildman–Crippen LogP) is 1.07. The van der Waals surface area contributed by atoms with Crippen molar-refractivity contribution in [1.29, 1.82) is 0 Å². The normalized spacial score (nSPS) is 25.8. The summed E-state index contributed by atoms with van der Waals surface area (Å²) in [7, 11) is 0. The molecule has 0 bridgehead atoms. The molecule has 1 aromatic rings. The maximum absolute atomic E-state index is 5.46. The quantitative estimate of drug-likeness (QED) is 0.546. The predicted molar refractivity (Wildman–Crippen MR) is 133 cm³/mol. The van der Waals surface area contributed by atoms with Crippen LogP contribution in [0.1, 0.15) is 12.8 Å². The second-order valence-electron chi connectivity index (χ2n) is 9.30. The first kappa shape index (κ1) is 23.5. The second-order valence-corrected chi connectivity index (χ2v) is 9.30. The van der Waals surface area contributed by atoms with E-state index in [-0.39, 0.29) is 0 Å². The van der Waals surface area contributed by atoms with Crippen molar-refractivity contribution < 1.29 is 9.47 Å². The molecule has 10 nitrogen and oxygen atoms in total. The van der Waals surface area contributed by atoms with Gasteiger partial charge in [0, 0.05) is 64.8 Å². The van der Waals surface area contributed by atoms with Crippen molar-refractivity contribution in [2.75, 3.05) is 101 Å². The van der Waals surface area contributed by atoms with Crippen molar-refractivity contribution in [3.63, 3.8) is 0 Å². The lowest BCUT2D eigenvalue weighted by atomic mass is 9.86. The van der Waals surface area contributed by atoms with Crippen LogP contribution in [-0.4, -0.2) is 116 Å². The molecule has 186 valence electrons. The zero-order valence-electron chi connectivity index (χ0n) is 20.1. The first-order valence-corrected chi connectivity index (χ1v) is 12.8. The minimum atomic E-state index is 0.309. The maximum atomic E-state index is 5.46. The number of nitrogens with zero attached hydrogens (tertiary/aromatic N) is 6. The first-order chi connectivity index (χ1) is 16.8. The molecule has 1 aromatic heterocycles. The van der Waals surface area contributed by atoms with Crippen LogP contribution in [0.2, 0.25) is 0 Å². The van der Waals surface area contributed by atoms with E-state index in [1.54, 1.807) is 0 Å². The van der Waals surface area contributed by atoms with Gasteiger partial charge in [-0.05, 0) is 12.8 Å². The number of rotatable bonds is 9. The van der Waals surface area contributed by atoms with Crippen LogP contribution in [0.25, 0.3) is 0 Å². The van der Waals surface area contributed by atoms with Gasteiger partial charge < -0.3 is 25.0 Å². The zero-order chi connectivity index (χ0) is 23.0. The smallest absolute Gasteiger partial charge is 0.232 e. The first-order valence-electron chi connectivity index (χ1n) is 12.8. The molecule has 3 saturated heterocycles. The molecular formula is C24H38N8O2. The maximum Gasteiger partial charge on any atom is 0.232 e. The van der Waals surface area contributed by atoms with Crippen molar-refractivity contribution in [1.82, 2.24) is 24.8 Å². The van der Waals surface area contributed by atoms with Crippen LogP contribution in [0.15, 0.2) is 24.3 Å². The number of hydrogen-bond donors (Lipinski definition) is 2. The van der Waals surface area contributed by atoms with E-state index in [4.69, 9.17) is 24.4 Å². The molecule has 0 saturated carbocycles. The molecule has 0 spiro atoms. The minimum absolute atomic E-state index is 0.309. The highest BCUT2D eigenvalue weighted by Crippen LogP contribution is 2.31. The molecule has 4 heterocycles. The van der Waals surface area contributed by atoms with Crippen LogP contribution in [0.3, 0.4) is 0 Å². The van der Waals surface area contributed by atoms with Gasteiger partial charge in [0.2, 0.25) is 17.8 Å². The molecule has 4 aliphatic rings. The molecule has 5 rings (SSSR count). The molecule has 34 heavy (non-hydrogen) atoms. The topological polar surface area (TPSA) is 90.9 Å². The number of ether oxygens (including phenoxy) is 2. The third-order valence-electron chi connectivity index (χ3n) is 7.02. The molecule has 2 atom stereocenters. The average Bonchev–Trinajstić information content (AvgIpc) is 2.89. The molecule has 0 aromatic carbocycles. The number of nitrogens with one attached hydrogen (secondary N) is 2. The average molecular weight is 471 g/mol. The Kier molecular flexibility index (Phi) is 8.23. The number of aromatic nitrogens is 3. The zero-order valence-corrected chi connectivity index (χ0v) is 20.1. The summed E-state index contributed by atoms with van der Waals surface area (Å²) in [5.74, 6) is 2.56. The molecule has 3 fully saturated rings. The molecule has 2 N–H and O–H groups in total. The van der Waals surface area contributed by atoms with Crippen molar-refractivity contribution in [2.45, 2.75) is 18.9 Å². The molecule has 2 unspecified atom stereocenters. The molecule has 1 aliphatic carbocycles.